The molecular formula is C13H16Br2N2O3. The Labute approximate surface area is 134 Å². The molecule has 7 heteroatoms. The van der Waals surface area contributed by atoms with E-state index < -0.39 is 5.97 Å². The molecule has 2 N–H and O–H groups in total. The highest BCUT2D eigenvalue weighted by atomic mass is 79.9. The Balaban J connectivity index is 2.82. The number of amides is 2. The zero-order valence-corrected chi connectivity index (χ0v) is 14.4. The zero-order valence-electron chi connectivity index (χ0n) is 11.2. The Morgan fingerprint density at radius 1 is 1.40 bits per heavy atom. The van der Waals surface area contributed by atoms with Crippen LogP contribution in [0.2, 0.25) is 0 Å². The molecule has 110 valence electrons. The number of carboxylic acids is 1. The zero-order chi connectivity index (χ0) is 15.3. The van der Waals surface area contributed by atoms with Gasteiger partial charge in [0, 0.05) is 21.5 Å². The van der Waals surface area contributed by atoms with Gasteiger partial charge in [0.1, 0.15) is 0 Å². The van der Waals surface area contributed by atoms with Gasteiger partial charge in [-0.25, -0.2) is 4.79 Å². The Morgan fingerprint density at radius 2 is 2.05 bits per heavy atom. The van der Waals surface area contributed by atoms with Crippen molar-refractivity contribution < 1.29 is 14.7 Å². The molecule has 0 radical (unpaired) electrons. The van der Waals surface area contributed by atoms with Gasteiger partial charge in [-0.1, -0.05) is 15.9 Å². The van der Waals surface area contributed by atoms with Gasteiger partial charge in [-0.05, 0) is 48.0 Å². The van der Waals surface area contributed by atoms with Gasteiger partial charge < -0.3 is 15.3 Å². The minimum Gasteiger partial charge on any atom is -0.481 e. The molecule has 1 rings (SSSR count). The summed E-state index contributed by atoms with van der Waals surface area (Å²) < 4.78 is 1.61. The molecule has 0 heterocycles. The van der Waals surface area contributed by atoms with E-state index in [1.54, 1.807) is 13.0 Å². The van der Waals surface area contributed by atoms with E-state index in [0.29, 0.717) is 12.2 Å². The molecule has 1 aromatic rings. The van der Waals surface area contributed by atoms with Gasteiger partial charge in [-0.3, -0.25) is 4.79 Å². The van der Waals surface area contributed by atoms with Crippen molar-refractivity contribution in [1.82, 2.24) is 4.90 Å². The van der Waals surface area contributed by atoms with Crippen LogP contribution >= 0.6 is 31.9 Å². The van der Waals surface area contributed by atoms with Gasteiger partial charge in [-0.2, -0.15) is 0 Å². The lowest BCUT2D eigenvalue weighted by atomic mass is 10.2. The van der Waals surface area contributed by atoms with Crippen molar-refractivity contribution in [1.29, 1.82) is 0 Å². The van der Waals surface area contributed by atoms with E-state index in [2.05, 4.69) is 37.2 Å². The number of carboxylic acid groups (broad SMARTS) is 1. The maximum atomic E-state index is 12.2. The van der Waals surface area contributed by atoms with Crippen LogP contribution in [0.5, 0.6) is 0 Å². The SMILES string of the molecule is CCN(C(=O)Nc1cc(Br)ccc1Br)C(C)CC(=O)O. The lowest BCUT2D eigenvalue weighted by Crippen LogP contribution is -2.42. The summed E-state index contributed by atoms with van der Waals surface area (Å²) in [6.45, 7) is 3.97. The highest BCUT2D eigenvalue weighted by molar-refractivity contribution is 9.11. The summed E-state index contributed by atoms with van der Waals surface area (Å²) in [6, 6.07) is 4.75. The summed E-state index contributed by atoms with van der Waals surface area (Å²) in [4.78, 5) is 24.4. The maximum Gasteiger partial charge on any atom is 0.322 e. The van der Waals surface area contributed by atoms with Gasteiger partial charge in [0.25, 0.3) is 0 Å². The molecule has 0 fully saturated rings. The minimum absolute atomic E-state index is 0.0824. The molecule has 1 unspecified atom stereocenters. The number of benzene rings is 1. The monoisotopic (exact) mass is 406 g/mol. The van der Waals surface area contributed by atoms with Crippen LogP contribution in [0, 0.1) is 0 Å². The molecule has 20 heavy (non-hydrogen) atoms. The van der Waals surface area contributed by atoms with Crippen molar-refractivity contribution in [2.24, 2.45) is 0 Å². The number of carbonyl (C=O) groups is 2. The van der Waals surface area contributed by atoms with Gasteiger partial charge in [0.15, 0.2) is 0 Å². The standard InChI is InChI=1S/C13H16Br2N2O3/c1-3-17(8(2)6-12(18)19)13(20)16-11-7-9(14)4-5-10(11)15/h4-5,7-8H,3,6H2,1-2H3,(H,16,20)(H,18,19). The highest BCUT2D eigenvalue weighted by Crippen LogP contribution is 2.26. The van der Waals surface area contributed by atoms with Crippen LogP contribution in [0.25, 0.3) is 0 Å². The molecule has 5 nitrogen and oxygen atoms in total. The van der Waals surface area contributed by atoms with Crippen LogP contribution in [0.4, 0.5) is 10.5 Å². The highest BCUT2D eigenvalue weighted by Gasteiger charge is 2.21. The van der Waals surface area contributed by atoms with Crippen LogP contribution in [0.1, 0.15) is 20.3 Å². The number of rotatable bonds is 5. The summed E-state index contributed by atoms with van der Waals surface area (Å²) in [5, 5.41) is 11.6. The molecule has 0 aromatic heterocycles. The van der Waals surface area contributed by atoms with Gasteiger partial charge in [-0.15, -0.1) is 0 Å². The molecule has 0 aliphatic carbocycles. The van der Waals surface area contributed by atoms with E-state index in [1.807, 2.05) is 19.1 Å². The third-order valence-electron chi connectivity index (χ3n) is 2.77. The number of nitrogens with zero attached hydrogens (tertiary/aromatic N) is 1. The van der Waals surface area contributed by atoms with E-state index in [1.165, 1.54) is 4.90 Å². The summed E-state index contributed by atoms with van der Waals surface area (Å²) in [6.07, 6.45) is -0.0824. The molecule has 0 spiro atoms. The molecule has 2 amide bonds. The largest absolute Gasteiger partial charge is 0.481 e. The maximum absolute atomic E-state index is 12.2. The molecule has 0 aliphatic rings. The number of urea groups is 1. The number of hydrogen-bond donors (Lipinski definition) is 2. The van der Waals surface area contributed by atoms with Gasteiger partial charge >= 0.3 is 12.0 Å². The lowest BCUT2D eigenvalue weighted by molar-refractivity contribution is -0.137. The number of anilines is 1. The van der Waals surface area contributed by atoms with Crippen LogP contribution in [-0.4, -0.2) is 34.6 Å². The average Bonchev–Trinajstić information content (AvgIpc) is 2.33. The first kappa shape index (κ1) is 17.0. The number of carbonyl (C=O) groups excluding carboxylic acids is 1. The number of aliphatic carboxylic acids is 1. The van der Waals surface area contributed by atoms with Gasteiger partial charge in [0.2, 0.25) is 0 Å². The Hall–Kier alpha value is -1.08. The lowest BCUT2D eigenvalue weighted by Gasteiger charge is -2.27. The fourth-order valence-electron chi connectivity index (χ4n) is 1.80. The van der Waals surface area contributed by atoms with E-state index in [9.17, 15) is 9.59 Å². The molecule has 1 aromatic carbocycles. The van der Waals surface area contributed by atoms with Crippen LogP contribution < -0.4 is 5.32 Å². The second-order valence-corrected chi connectivity index (χ2v) is 6.06. The first-order valence-corrected chi connectivity index (χ1v) is 7.68. The van der Waals surface area contributed by atoms with Crippen molar-refractivity contribution in [3.05, 3.63) is 27.1 Å². The normalized spacial score (nSPS) is 11.8. The van der Waals surface area contributed by atoms with E-state index >= 15 is 0 Å². The molecule has 1 atom stereocenters. The molecular weight excluding hydrogens is 392 g/mol. The Bertz CT molecular complexity index is 508. The topological polar surface area (TPSA) is 69.6 Å². The summed E-state index contributed by atoms with van der Waals surface area (Å²) in [7, 11) is 0. The number of halogens is 2. The smallest absolute Gasteiger partial charge is 0.322 e. The second-order valence-electron chi connectivity index (χ2n) is 4.29. The molecule has 0 aliphatic heterocycles. The minimum atomic E-state index is -0.924. The number of hydrogen-bond acceptors (Lipinski definition) is 2. The Morgan fingerprint density at radius 3 is 2.60 bits per heavy atom. The quantitative estimate of drug-likeness (QED) is 0.776. The van der Waals surface area contributed by atoms with Crippen molar-refractivity contribution in [2.45, 2.75) is 26.3 Å². The fraction of sp³-hybridized carbons (Fsp3) is 0.385. The predicted molar refractivity (Wildman–Crippen MR) is 85.0 cm³/mol. The first-order chi connectivity index (χ1) is 9.35. The fourth-order valence-corrected chi connectivity index (χ4v) is 2.51. The average molecular weight is 408 g/mol. The summed E-state index contributed by atoms with van der Waals surface area (Å²) in [5.41, 5.74) is 0.630. The van der Waals surface area contributed by atoms with Crippen molar-refractivity contribution in [2.75, 3.05) is 11.9 Å². The summed E-state index contributed by atoms with van der Waals surface area (Å²) >= 11 is 6.70. The van der Waals surface area contributed by atoms with E-state index in [0.717, 1.165) is 8.95 Å². The van der Waals surface area contributed by atoms with Crippen molar-refractivity contribution in [3.63, 3.8) is 0 Å². The predicted octanol–water partition coefficient (Wildman–Crippen LogP) is 3.93. The van der Waals surface area contributed by atoms with Gasteiger partial charge in [0.05, 0.1) is 12.1 Å². The molecule has 0 saturated carbocycles. The number of nitrogens with one attached hydrogen (secondary N) is 1. The first-order valence-electron chi connectivity index (χ1n) is 6.09. The van der Waals surface area contributed by atoms with Crippen LogP contribution in [0.3, 0.4) is 0 Å². The molecule has 0 bridgehead atoms. The Kier molecular flexibility index (Phi) is 6.48. The van der Waals surface area contributed by atoms with E-state index in [-0.39, 0.29) is 18.5 Å². The van der Waals surface area contributed by atoms with Crippen LogP contribution in [-0.2, 0) is 4.79 Å². The van der Waals surface area contributed by atoms with Crippen molar-refractivity contribution >= 4 is 49.5 Å². The van der Waals surface area contributed by atoms with E-state index in [4.69, 9.17) is 5.11 Å². The summed E-state index contributed by atoms with van der Waals surface area (Å²) in [5.74, 6) is -0.924. The second kappa shape index (κ2) is 7.64. The third-order valence-corrected chi connectivity index (χ3v) is 3.96. The molecule has 0 saturated heterocycles. The van der Waals surface area contributed by atoms with Crippen LogP contribution in [0.15, 0.2) is 27.1 Å². The van der Waals surface area contributed by atoms with Crippen molar-refractivity contribution in [3.8, 4) is 0 Å². The third kappa shape index (κ3) is 4.79.